The molecule has 0 aromatic carbocycles. The summed E-state index contributed by atoms with van der Waals surface area (Å²) in [5.41, 5.74) is 0. The predicted octanol–water partition coefficient (Wildman–Crippen LogP) is -1.87. The fourth-order valence-corrected chi connectivity index (χ4v) is 1.07. The second kappa shape index (κ2) is 3.09. The zero-order valence-electron chi connectivity index (χ0n) is 5.53. The molecule has 1 saturated heterocycles. The average Bonchev–Trinajstić information content (AvgIpc) is 2.14. The Morgan fingerprint density at radius 3 is 2.30 bits per heavy atom. The zero-order chi connectivity index (χ0) is 7.56. The molecule has 1 radical (unpaired) electrons. The second-order valence-corrected chi connectivity index (χ2v) is 2.47. The highest BCUT2D eigenvalue weighted by Crippen LogP contribution is 2.07. The highest BCUT2D eigenvalue weighted by molar-refractivity contribution is 5.53. The first-order valence-electron chi connectivity index (χ1n) is 3.17. The Labute approximate surface area is 59.1 Å². The van der Waals surface area contributed by atoms with Crippen molar-refractivity contribution in [3.8, 4) is 0 Å². The van der Waals surface area contributed by atoms with Gasteiger partial charge in [-0.15, -0.1) is 0 Å². The molecule has 57 valence electrons. The number of nitrogens with zero attached hydrogens (tertiary/aromatic N) is 1. The van der Waals surface area contributed by atoms with Gasteiger partial charge in [-0.05, 0) is 0 Å². The summed E-state index contributed by atoms with van der Waals surface area (Å²) in [6.45, 7) is 0.918. The van der Waals surface area contributed by atoms with Crippen molar-refractivity contribution in [2.45, 2.75) is 12.2 Å². The van der Waals surface area contributed by atoms with Gasteiger partial charge in [0.25, 0.3) is 0 Å². The monoisotopic (exact) mass is 144 g/mol. The molecule has 0 saturated carbocycles. The van der Waals surface area contributed by atoms with Crippen LogP contribution in [0.1, 0.15) is 0 Å². The van der Waals surface area contributed by atoms with Crippen LogP contribution < -0.4 is 0 Å². The number of hydrogen-bond donors (Lipinski definition) is 2. The second-order valence-electron chi connectivity index (χ2n) is 2.47. The lowest BCUT2D eigenvalue weighted by atomic mass is 10.3. The van der Waals surface area contributed by atoms with E-state index in [1.807, 2.05) is 0 Å². The van der Waals surface area contributed by atoms with Gasteiger partial charge in [-0.3, -0.25) is 9.69 Å². The van der Waals surface area contributed by atoms with Gasteiger partial charge in [0, 0.05) is 13.1 Å². The van der Waals surface area contributed by atoms with Crippen LogP contribution in [0.2, 0.25) is 0 Å². The summed E-state index contributed by atoms with van der Waals surface area (Å²) in [6, 6.07) is 0. The summed E-state index contributed by atoms with van der Waals surface area (Å²) in [4.78, 5) is 11.5. The Morgan fingerprint density at radius 2 is 1.90 bits per heavy atom. The molecule has 0 unspecified atom stereocenters. The highest BCUT2D eigenvalue weighted by atomic mass is 16.3. The molecule has 10 heavy (non-hydrogen) atoms. The molecule has 0 aromatic rings. The van der Waals surface area contributed by atoms with Gasteiger partial charge in [-0.25, -0.2) is 0 Å². The summed E-state index contributed by atoms with van der Waals surface area (Å²) in [6.07, 6.45) is 0.303. The highest BCUT2D eigenvalue weighted by Gasteiger charge is 2.28. The van der Waals surface area contributed by atoms with Crippen LogP contribution in [0.3, 0.4) is 0 Å². The third-order valence-electron chi connectivity index (χ3n) is 1.62. The lowest BCUT2D eigenvalue weighted by molar-refractivity contribution is 0.0572. The Kier molecular flexibility index (Phi) is 2.37. The van der Waals surface area contributed by atoms with Crippen LogP contribution in [0.25, 0.3) is 0 Å². The maximum atomic E-state index is 9.84. The van der Waals surface area contributed by atoms with Gasteiger partial charge in [0.1, 0.15) is 0 Å². The molecule has 2 atom stereocenters. The predicted molar refractivity (Wildman–Crippen MR) is 34.1 cm³/mol. The number of likely N-dealkylation sites (tertiary alicyclic amines) is 1. The Hall–Kier alpha value is -0.450. The van der Waals surface area contributed by atoms with Gasteiger partial charge in [0.2, 0.25) is 6.29 Å². The minimum Gasteiger partial charge on any atom is -0.389 e. The van der Waals surface area contributed by atoms with Crippen molar-refractivity contribution in [3.63, 3.8) is 0 Å². The first kappa shape index (κ1) is 7.65. The molecular formula is C6H10NO3. The van der Waals surface area contributed by atoms with Gasteiger partial charge in [-0.1, -0.05) is 0 Å². The molecule has 1 aliphatic rings. The van der Waals surface area contributed by atoms with Crippen LogP contribution >= 0.6 is 0 Å². The first-order chi connectivity index (χ1) is 4.74. The number of aliphatic hydroxyl groups excluding tert-OH is 2. The van der Waals surface area contributed by atoms with Crippen LogP contribution in [0.5, 0.6) is 0 Å². The van der Waals surface area contributed by atoms with E-state index in [0.717, 1.165) is 0 Å². The molecule has 2 N–H and O–H groups in total. The van der Waals surface area contributed by atoms with E-state index >= 15 is 0 Å². The number of β-amino-alcohol motifs (C(OH)–C–C–N with tert-alkyl or cyclic N) is 2. The lowest BCUT2D eigenvalue weighted by Gasteiger charge is -2.07. The number of carbonyl (C=O) groups excluding carboxylic acids is 1. The number of rotatable bonds is 2. The smallest absolute Gasteiger partial charge is 0.213 e. The third-order valence-corrected chi connectivity index (χ3v) is 1.62. The molecule has 0 spiro atoms. The molecule has 1 rings (SSSR count). The van der Waals surface area contributed by atoms with Crippen molar-refractivity contribution in [3.05, 3.63) is 0 Å². The minimum absolute atomic E-state index is 0.175. The van der Waals surface area contributed by atoms with Crippen molar-refractivity contribution in [1.29, 1.82) is 0 Å². The van der Waals surface area contributed by atoms with Crippen molar-refractivity contribution >= 4 is 6.29 Å². The van der Waals surface area contributed by atoms with Crippen LogP contribution in [-0.2, 0) is 4.79 Å². The number of hydrogen-bond acceptors (Lipinski definition) is 4. The molecule has 1 heterocycles. The van der Waals surface area contributed by atoms with Gasteiger partial charge >= 0.3 is 0 Å². The van der Waals surface area contributed by atoms with Crippen LogP contribution in [0, 0.1) is 0 Å². The van der Waals surface area contributed by atoms with Crippen molar-refractivity contribution < 1.29 is 15.0 Å². The number of aliphatic hydroxyl groups is 2. The minimum atomic E-state index is -0.701. The molecular weight excluding hydrogens is 134 g/mol. The van der Waals surface area contributed by atoms with E-state index in [0.29, 0.717) is 13.1 Å². The van der Waals surface area contributed by atoms with Crippen LogP contribution in [-0.4, -0.2) is 53.2 Å². The molecule has 0 bridgehead atoms. The molecule has 4 nitrogen and oxygen atoms in total. The van der Waals surface area contributed by atoms with Gasteiger partial charge in [0.05, 0.1) is 18.8 Å². The SMILES string of the molecule is O=[C]CN1C[C@@H](O)[C@@H](O)C1. The van der Waals surface area contributed by atoms with E-state index in [1.54, 1.807) is 11.2 Å². The van der Waals surface area contributed by atoms with Crippen LogP contribution in [0.4, 0.5) is 0 Å². The molecule has 0 amide bonds. The van der Waals surface area contributed by atoms with Gasteiger partial charge in [-0.2, -0.15) is 0 Å². The largest absolute Gasteiger partial charge is 0.389 e. The lowest BCUT2D eigenvalue weighted by Crippen LogP contribution is -2.23. The van der Waals surface area contributed by atoms with Crippen molar-refractivity contribution in [2.75, 3.05) is 19.6 Å². The van der Waals surface area contributed by atoms with Gasteiger partial charge < -0.3 is 10.2 Å². The van der Waals surface area contributed by atoms with Gasteiger partial charge in [0.15, 0.2) is 0 Å². The Morgan fingerprint density at radius 1 is 1.40 bits per heavy atom. The normalized spacial score (nSPS) is 34.6. The fourth-order valence-electron chi connectivity index (χ4n) is 1.07. The van der Waals surface area contributed by atoms with Crippen LogP contribution in [0.15, 0.2) is 0 Å². The Bertz CT molecular complexity index is 118. The van der Waals surface area contributed by atoms with E-state index in [1.165, 1.54) is 0 Å². The van der Waals surface area contributed by atoms with Crippen molar-refractivity contribution in [2.24, 2.45) is 0 Å². The summed E-state index contributed by atoms with van der Waals surface area (Å²) in [5, 5.41) is 17.9. The standard InChI is InChI=1S/C6H10NO3/c8-2-1-7-3-5(9)6(10)4-7/h5-6,9-10H,1,3-4H2/t5-,6+. The summed E-state index contributed by atoms with van der Waals surface area (Å²) >= 11 is 0. The fraction of sp³-hybridized carbons (Fsp3) is 0.833. The molecule has 0 aromatic heterocycles. The maximum Gasteiger partial charge on any atom is 0.213 e. The van der Waals surface area contributed by atoms with E-state index in [-0.39, 0.29) is 6.54 Å². The van der Waals surface area contributed by atoms with E-state index in [4.69, 9.17) is 10.2 Å². The first-order valence-corrected chi connectivity index (χ1v) is 3.17. The van der Waals surface area contributed by atoms with E-state index in [9.17, 15) is 4.79 Å². The quantitative estimate of drug-likeness (QED) is 0.477. The third kappa shape index (κ3) is 1.53. The summed E-state index contributed by atoms with van der Waals surface area (Å²) in [5.74, 6) is 0. The molecule has 0 aliphatic carbocycles. The molecule has 1 fully saturated rings. The maximum absolute atomic E-state index is 9.84. The zero-order valence-corrected chi connectivity index (χ0v) is 5.53. The summed E-state index contributed by atoms with van der Waals surface area (Å²) in [7, 11) is 0. The average molecular weight is 144 g/mol. The summed E-state index contributed by atoms with van der Waals surface area (Å²) < 4.78 is 0. The topological polar surface area (TPSA) is 60.8 Å². The molecule has 1 aliphatic heterocycles. The Balaban J connectivity index is 2.33. The van der Waals surface area contributed by atoms with E-state index in [2.05, 4.69) is 0 Å². The molecule has 4 heteroatoms. The van der Waals surface area contributed by atoms with E-state index < -0.39 is 12.2 Å². The van der Waals surface area contributed by atoms with Crippen molar-refractivity contribution in [1.82, 2.24) is 4.90 Å².